The third-order valence-corrected chi connectivity index (χ3v) is 5.87. The number of benzene rings is 2. The van der Waals surface area contributed by atoms with Crippen LogP contribution in [-0.2, 0) is 15.8 Å². The molecule has 2 aromatic carbocycles. The number of rotatable bonds is 3. The van der Waals surface area contributed by atoms with Gasteiger partial charge in [0.2, 0.25) is 10.0 Å². The van der Waals surface area contributed by atoms with Gasteiger partial charge in [-0.2, -0.15) is 0 Å². The van der Waals surface area contributed by atoms with Gasteiger partial charge in [-0.05, 0) is 23.3 Å². The molecule has 110 valence electrons. The summed E-state index contributed by atoms with van der Waals surface area (Å²) in [6, 6.07) is 14.7. The van der Waals surface area contributed by atoms with Gasteiger partial charge in [-0.15, -0.1) is 0 Å². The van der Waals surface area contributed by atoms with Crippen molar-refractivity contribution in [2.45, 2.75) is 18.6 Å². The standard InChI is InChI=1S/C16H16ClNO2S/c1-12-10-18(16-9-5-3-7-14(12)16)21(19,20)11-13-6-2-4-8-15(13)17/h2-9,12H,10-11H2,1H3. The number of halogens is 1. The minimum atomic E-state index is -3.43. The summed E-state index contributed by atoms with van der Waals surface area (Å²) in [6.07, 6.45) is 0. The fraction of sp³-hybridized carbons (Fsp3) is 0.250. The molecule has 21 heavy (non-hydrogen) atoms. The van der Waals surface area contributed by atoms with Crippen LogP contribution in [0.1, 0.15) is 24.0 Å². The van der Waals surface area contributed by atoms with Crippen molar-refractivity contribution in [3.63, 3.8) is 0 Å². The maximum Gasteiger partial charge on any atom is 0.239 e. The Kier molecular flexibility index (Phi) is 3.68. The number of hydrogen-bond acceptors (Lipinski definition) is 2. The molecule has 0 N–H and O–H groups in total. The summed E-state index contributed by atoms with van der Waals surface area (Å²) in [5.74, 6) is 0.135. The van der Waals surface area contributed by atoms with Crippen molar-refractivity contribution in [2.24, 2.45) is 0 Å². The molecule has 3 nitrogen and oxygen atoms in total. The summed E-state index contributed by atoms with van der Waals surface area (Å²) in [4.78, 5) is 0. The molecule has 2 aromatic rings. The molecule has 3 rings (SSSR count). The molecule has 0 radical (unpaired) electrons. The molecule has 0 aromatic heterocycles. The fourth-order valence-electron chi connectivity index (χ4n) is 2.73. The zero-order chi connectivity index (χ0) is 15.0. The van der Waals surface area contributed by atoms with Crippen LogP contribution in [0.3, 0.4) is 0 Å². The summed E-state index contributed by atoms with van der Waals surface area (Å²) >= 11 is 6.08. The number of hydrogen-bond donors (Lipinski definition) is 0. The highest BCUT2D eigenvalue weighted by Crippen LogP contribution is 2.38. The maximum absolute atomic E-state index is 12.7. The second-order valence-electron chi connectivity index (χ2n) is 5.34. The lowest BCUT2D eigenvalue weighted by molar-refractivity contribution is 0.589. The van der Waals surface area contributed by atoms with E-state index in [0.29, 0.717) is 17.1 Å². The van der Waals surface area contributed by atoms with Gasteiger partial charge in [-0.1, -0.05) is 54.9 Å². The molecule has 0 aliphatic carbocycles. The quantitative estimate of drug-likeness (QED) is 0.862. The van der Waals surface area contributed by atoms with Crippen LogP contribution in [0, 0.1) is 0 Å². The lowest BCUT2D eigenvalue weighted by atomic mass is 10.0. The third kappa shape index (κ3) is 2.65. The van der Waals surface area contributed by atoms with Gasteiger partial charge in [-0.3, -0.25) is 4.31 Å². The molecule has 0 spiro atoms. The van der Waals surface area contributed by atoms with E-state index in [9.17, 15) is 8.42 Å². The Morgan fingerprint density at radius 3 is 2.57 bits per heavy atom. The van der Waals surface area contributed by atoms with Gasteiger partial charge in [0.1, 0.15) is 0 Å². The average molecular weight is 322 g/mol. The molecule has 0 saturated heterocycles. The second kappa shape index (κ2) is 5.35. The summed E-state index contributed by atoms with van der Waals surface area (Å²) < 4.78 is 27.0. The fourth-order valence-corrected chi connectivity index (χ4v) is 4.73. The SMILES string of the molecule is CC1CN(S(=O)(=O)Cc2ccccc2Cl)c2ccccc21. The van der Waals surface area contributed by atoms with E-state index in [1.165, 1.54) is 4.31 Å². The molecule has 1 atom stereocenters. The van der Waals surface area contributed by atoms with E-state index in [0.717, 1.165) is 11.3 Å². The van der Waals surface area contributed by atoms with Crippen LogP contribution in [-0.4, -0.2) is 15.0 Å². The number of fused-ring (bicyclic) bond motifs is 1. The zero-order valence-electron chi connectivity index (χ0n) is 11.7. The molecule has 0 bridgehead atoms. The van der Waals surface area contributed by atoms with Gasteiger partial charge >= 0.3 is 0 Å². The first-order chi connectivity index (χ1) is 9.99. The van der Waals surface area contributed by atoms with E-state index in [-0.39, 0.29) is 11.7 Å². The predicted molar refractivity (Wildman–Crippen MR) is 86.3 cm³/mol. The first kappa shape index (κ1) is 14.4. The second-order valence-corrected chi connectivity index (χ2v) is 7.64. The van der Waals surface area contributed by atoms with E-state index in [4.69, 9.17) is 11.6 Å². The highest BCUT2D eigenvalue weighted by Gasteiger charge is 2.33. The smallest absolute Gasteiger partial charge is 0.239 e. The van der Waals surface area contributed by atoms with Crippen molar-refractivity contribution in [1.29, 1.82) is 0 Å². The first-order valence-corrected chi connectivity index (χ1v) is 8.80. The zero-order valence-corrected chi connectivity index (χ0v) is 13.2. The Morgan fingerprint density at radius 2 is 1.81 bits per heavy atom. The Hall–Kier alpha value is -1.52. The van der Waals surface area contributed by atoms with Crippen LogP contribution in [0.5, 0.6) is 0 Å². The normalized spacial score (nSPS) is 17.8. The molecule has 1 unspecified atom stereocenters. The van der Waals surface area contributed by atoms with Crippen molar-refractivity contribution in [1.82, 2.24) is 0 Å². The van der Waals surface area contributed by atoms with E-state index in [1.807, 2.05) is 31.2 Å². The molecular weight excluding hydrogens is 306 g/mol. The first-order valence-electron chi connectivity index (χ1n) is 6.82. The van der Waals surface area contributed by atoms with Gasteiger partial charge in [-0.25, -0.2) is 8.42 Å². The van der Waals surface area contributed by atoms with Crippen LogP contribution in [0.25, 0.3) is 0 Å². The lowest BCUT2D eigenvalue weighted by Crippen LogP contribution is -2.30. The molecule has 0 saturated carbocycles. The van der Waals surface area contributed by atoms with Gasteiger partial charge in [0, 0.05) is 17.5 Å². The molecule has 5 heteroatoms. The van der Waals surface area contributed by atoms with E-state index >= 15 is 0 Å². The number of para-hydroxylation sites is 1. The van der Waals surface area contributed by atoms with Gasteiger partial charge in [0.25, 0.3) is 0 Å². The molecular formula is C16H16ClNO2S. The maximum atomic E-state index is 12.7. The Morgan fingerprint density at radius 1 is 1.14 bits per heavy atom. The number of anilines is 1. The van der Waals surface area contributed by atoms with Crippen molar-refractivity contribution < 1.29 is 8.42 Å². The summed E-state index contributed by atoms with van der Waals surface area (Å²) in [5.41, 5.74) is 2.51. The van der Waals surface area contributed by atoms with Crippen molar-refractivity contribution in [3.8, 4) is 0 Å². The van der Waals surface area contributed by atoms with Crippen LogP contribution < -0.4 is 4.31 Å². The summed E-state index contributed by atoms with van der Waals surface area (Å²) in [5, 5.41) is 0.488. The third-order valence-electron chi connectivity index (χ3n) is 3.81. The Bertz CT molecular complexity index is 773. The van der Waals surface area contributed by atoms with Gasteiger partial charge in [0.05, 0.1) is 11.4 Å². The molecule has 0 fully saturated rings. The average Bonchev–Trinajstić information content (AvgIpc) is 2.80. The number of nitrogens with zero attached hydrogens (tertiary/aromatic N) is 1. The van der Waals surface area contributed by atoms with Crippen LogP contribution in [0.2, 0.25) is 5.02 Å². The van der Waals surface area contributed by atoms with Crippen LogP contribution >= 0.6 is 11.6 Å². The topological polar surface area (TPSA) is 37.4 Å². The summed E-state index contributed by atoms with van der Waals surface area (Å²) in [6.45, 7) is 2.54. The monoisotopic (exact) mass is 321 g/mol. The van der Waals surface area contributed by atoms with Crippen LogP contribution in [0.4, 0.5) is 5.69 Å². The highest BCUT2D eigenvalue weighted by molar-refractivity contribution is 7.92. The van der Waals surface area contributed by atoms with Crippen molar-refractivity contribution in [3.05, 3.63) is 64.7 Å². The van der Waals surface area contributed by atoms with Gasteiger partial charge < -0.3 is 0 Å². The minimum Gasteiger partial charge on any atom is -0.269 e. The number of sulfonamides is 1. The Labute approximate surface area is 130 Å². The highest BCUT2D eigenvalue weighted by atomic mass is 35.5. The van der Waals surface area contributed by atoms with Gasteiger partial charge in [0.15, 0.2) is 0 Å². The van der Waals surface area contributed by atoms with E-state index in [1.54, 1.807) is 24.3 Å². The summed E-state index contributed by atoms with van der Waals surface area (Å²) in [7, 11) is -3.43. The van der Waals surface area contributed by atoms with E-state index < -0.39 is 10.0 Å². The predicted octanol–water partition coefficient (Wildman–Crippen LogP) is 3.79. The van der Waals surface area contributed by atoms with E-state index in [2.05, 4.69) is 0 Å². The van der Waals surface area contributed by atoms with Crippen molar-refractivity contribution in [2.75, 3.05) is 10.8 Å². The molecule has 1 heterocycles. The van der Waals surface area contributed by atoms with Crippen molar-refractivity contribution >= 4 is 27.3 Å². The Balaban J connectivity index is 1.96. The minimum absolute atomic E-state index is 0.0757. The van der Waals surface area contributed by atoms with Crippen LogP contribution in [0.15, 0.2) is 48.5 Å². The molecule has 0 amide bonds. The molecule has 1 aliphatic heterocycles. The largest absolute Gasteiger partial charge is 0.269 e. The lowest BCUT2D eigenvalue weighted by Gasteiger charge is -2.20. The molecule has 1 aliphatic rings.